The van der Waals surface area contributed by atoms with Crippen molar-refractivity contribution in [3.05, 3.63) is 64.2 Å². The average molecular weight is 385 g/mol. The quantitative estimate of drug-likeness (QED) is 0.760. The van der Waals surface area contributed by atoms with Crippen LogP contribution in [-0.4, -0.2) is 11.8 Å². The van der Waals surface area contributed by atoms with Crippen LogP contribution in [0.15, 0.2) is 42.5 Å². The molecule has 142 valence electrons. The monoisotopic (exact) mass is 384 g/mol. The lowest BCUT2D eigenvalue weighted by molar-refractivity contribution is -0.125. The highest BCUT2D eigenvalue weighted by Gasteiger charge is 2.48. The summed E-state index contributed by atoms with van der Waals surface area (Å²) in [7, 11) is 0. The average Bonchev–Trinajstić information content (AvgIpc) is 3.43. The van der Waals surface area contributed by atoms with Gasteiger partial charge in [-0.05, 0) is 42.0 Å². The van der Waals surface area contributed by atoms with Gasteiger partial charge in [-0.1, -0.05) is 61.8 Å². The van der Waals surface area contributed by atoms with E-state index in [4.69, 9.17) is 11.6 Å². The zero-order valence-corrected chi connectivity index (χ0v) is 16.6. The Balaban J connectivity index is 1.58. The van der Waals surface area contributed by atoms with Gasteiger partial charge in [0.15, 0.2) is 0 Å². The van der Waals surface area contributed by atoms with Crippen molar-refractivity contribution in [2.24, 2.45) is 11.8 Å². The molecule has 2 aromatic carbocycles. The molecule has 0 saturated heterocycles. The van der Waals surface area contributed by atoms with Gasteiger partial charge in [0.2, 0.25) is 11.8 Å². The molecule has 5 heteroatoms. The van der Waals surface area contributed by atoms with Gasteiger partial charge in [0.1, 0.15) is 0 Å². The molecular weight excluding hydrogens is 360 g/mol. The minimum Gasteiger partial charge on any atom is -0.352 e. The van der Waals surface area contributed by atoms with E-state index in [-0.39, 0.29) is 23.7 Å². The summed E-state index contributed by atoms with van der Waals surface area (Å²) < 4.78 is 0. The minimum absolute atomic E-state index is 0.0795. The molecule has 1 saturated carbocycles. The number of amides is 2. The fraction of sp³-hybridized carbons (Fsp3) is 0.364. The summed E-state index contributed by atoms with van der Waals surface area (Å²) in [6, 6.07) is 13.4. The molecular formula is C22H25ClN2O2. The van der Waals surface area contributed by atoms with E-state index in [0.717, 1.165) is 22.4 Å². The van der Waals surface area contributed by atoms with Gasteiger partial charge < -0.3 is 10.6 Å². The fourth-order valence-corrected chi connectivity index (χ4v) is 3.49. The third-order valence-electron chi connectivity index (χ3n) is 5.05. The summed E-state index contributed by atoms with van der Waals surface area (Å²) in [5.41, 5.74) is 3.90. The van der Waals surface area contributed by atoms with Crippen LogP contribution >= 0.6 is 11.6 Å². The Labute approximate surface area is 165 Å². The lowest BCUT2D eigenvalue weighted by atomic mass is 9.98. The van der Waals surface area contributed by atoms with Crippen molar-refractivity contribution < 1.29 is 9.59 Å². The van der Waals surface area contributed by atoms with Crippen molar-refractivity contribution in [3.8, 4) is 0 Å². The number of carbonyl (C=O) groups excluding carboxylic acids is 2. The van der Waals surface area contributed by atoms with Crippen molar-refractivity contribution in [1.82, 2.24) is 5.32 Å². The van der Waals surface area contributed by atoms with Crippen LogP contribution in [-0.2, 0) is 16.1 Å². The van der Waals surface area contributed by atoms with E-state index in [9.17, 15) is 9.59 Å². The highest BCUT2D eigenvalue weighted by atomic mass is 35.5. The molecule has 1 aliphatic carbocycles. The second-order valence-electron chi connectivity index (χ2n) is 7.44. The number of hydrogen-bond donors (Lipinski definition) is 2. The third-order valence-corrected chi connectivity index (χ3v) is 5.42. The molecule has 0 heterocycles. The van der Waals surface area contributed by atoms with Crippen LogP contribution in [0.2, 0.25) is 5.02 Å². The Hall–Kier alpha value is -2.33. The number of para-hydroxylation sites is 1. The van der Waals surface area contributed by atoms with E-state index in [1.165, 1.54) is 0 Å². The lowest BCUT2D eigenvalue weighted by Gasteiger charge is -2.16. The summed E-state index contributed by atoms with van der Waals surface area (Å²) in [6.07, 6.45) is 0.586. The predicted octanol–water partition coefficient (Wildman–Crippen LogP) is 4.66. The summed E-state index contributed by atoms with van der Waals surface area (Å²) in [4.78, 5) is 25.0. The van der Waals surface area contributed by atoms with E-state index in [0.29, 0.717) is 23.9 Å². The first-order valence-corrected chi connectivity index (χ1v) is 9.67. The van der Waals surface area contributed by atoms with E-state index in [1.54, 1.807) is 6.07 Å². The van der Waals surface area contributed by atoms with Crippen molar-refractivity contribution in [2.45, 2.75) is 39.7 Å². The van der Waals surface area contributed by atoms with Gasteiger partial charge in [-0.2, -0.15) is 0 Å². The zero-order chi connectivity index (χ0) is 19.6. The predicted molar refractivity (Wildman–Crippen MR) is 109 cm³/mol. The van der Waals surface area contributed by atoms with Crippen molar-refractivity contribution in [3.63, 3.8) is 0 Å². The highest BCUT2D eigenvalue weighted by molar-refractivity contribution is 6.31. The Morgan fingerprint density at radius 3 is 2.48 bits per heavy atom. The van der Waals surface area contributed by atoms with Crippen LogP contribution in [0, 0.1) is 18.8 Å². The first-order chi connectivity index (χ1) is 12.9. The maximum atomic E-state index is 12.6. The molecule has 0 aliphatic heterocycles. The number of benzene rings is 2. The zero-order valence-electron chi connectivity index (χ0n) is 15.9. The molecule has 2 atom stereocenters. The molecule has 3 rings (SSSR count). The van der Waals surface area contributed by atoms with Crippen LogP contribution in [0.25, 0.3) is 0 Å². The SMILES string of the molecule is Cc1cccc(C(C)C)c1NC(=O)C1CC1C(=O)NCc1ccccc1Cl. The van der Waals surface area contributed by atoms with E-state index < -0.39 is 0 Å². The highest BCUT2D eigenvalue weighted by Crippen LogP contribution is 2.40. The Kier molecular flexibility index (Phi) is 5.85. The topological polar surface area (TPSA) is 58.2 Å². The normalized spacial score (nSPS) is 18.3. The van der Waals surface area contributed by atoms with Gasteiger partial charge in [0.25, 0.3) is 0 Å². The van der Waals surface area contributed by atoms with Crippen LogP contribution in [0.1, 0.15) is 42.9 Å². The van der Waals surface area contributed by atoms with Crippen molar-refractivity contribution in [2.75, 3.05) is 5.32 Å². The molecule has 2 amide bonds. The second kappa shape index (κ2) is 8.13. The molecule has 2 unspecified atom stereocenters. The number of carbonyl (C=O) groups is 2. The molecule has 0 spiro atoms. The van der Waals surface area contributed by atoms with Crippen molar-refractivity contribution in [1.29, 1.82) is 0 Å². The maximum Gasteiger partial charge on any atom is 0.228 e. The number of hydrogen-bond acceptors (Lipinski definition) is 2. The fourth-order valence-electron chi connectivity index (χ4n) is 3.29. The third kappa shape index (κ3) is 4.51. The van der Waals surface area contributed by atoms with Gasteiger partial charge in [-0.3, -0.25) is 9.59 Å². The summed E-state index contributed by atoms with van der Waals surface area (Å²) in [6.45, 7) is 6.57. The Morgan fingerprint density at radius 1 is 1.07 bits per heavy atom. The van der Waals surface area contributed by atoms with Gasteiger partial charge in [-0.15, -0.1) is 0 Å². The second-order valence-corrected chi connectivity index (χ2v) is 7.85. The van der Waals surface area contributed by atoms with Crippen LogP contribution < -0.4 is 10.6 Å². The molecule has 1 fully saturated rings. The lowest BCUT2D eigenvalue weighted by Crippen LogP contribution is -2.27. The Bertz CT molecular complexity index is 863. The molecule has 2 N–H and O–H groups in total. The summed E-state index contributed by atoms with van der Waals surface area (Å²) in [5.74, 6) is -0.392. The largest absolute Gasteiger partial charge is 0.352 e. The van der Waals surface area contributed by atoms with Gasteiger partial charge in [-0.25, -0.2) is 0 Å². The minimum atomic E-state index is -0.268. The molecule has 0 radical (unpaired) electrons. The van der Waals surface area contributed by atoms with E-state index in [1.807, 2.05) is 43.3 Å². The molecule has 27 heavy (non-hydrogen) atoms. The van der Waals surface area contributed by atoms with Crippen LogP contribution in [0.4, 0.5) is 5.69 Å². The van der Waals surface area contributed by atoms with Gasteiger partial charge in [0.05, 0.1) is 11.8 Å². The maximum absolute atomic E-state index is 12.6. The first kappa shape index (κ1) is 19.4. The van der Waals surface area contributed by atoms with Gasteiger partial charge in [0, 0.05) is 17.3 Å². The molecule has 1 aliphatic rings. The standard InChI is InChI=1S/C22H25ClN2O2/c1-13(2)16-9-6-7-14(3)20(16)25-22(27)18-11-17(18)21(26)24-12-15-8-4-5-10-19(15)23/h4-10,13,17-18H,11-12H2,1-3H3,(H,24,26)(H,25,27). The van der Waals surface area contributed by atoms with E-state index in [2.05, 4.69) is 24.5 Å². The van der Waals surface area contributed by atoms with Crippen LogP contribution in [0.3, 0.4) is 0 Å². The molecule has 2 aromatic rings. The number of nitrogens with one attached hydrogen (secondary N) is 2. The summed E-state index contributed by atoms with van der Waals surface area (Å²) >= 11 is 6.11. The molecule has 0 bridgehead atoms. The van der Waals surface area contributed by atoms with E-state index >= 15 is 0 Å². The number of rotatable bonds is 6. The molecule has 4 nitrogen and oxygen atoms in total. The Morgan fingerprint density at radius 2 is 1.78 bits per heavy atom. The summed E-state index contributed by atoms with van der Waals surface area (Å²) in [5, 5.41) is 6.57. The smallest absolute Gasteiger partial charge is 0.228 e. The number of aryl methyl sites for hydroxylation is 1. The van der Waals surface area contributed by atoms with Gasteiger partial charge >= 0.3 is 0 Å². The number of halogens is 1. The first-order valence-electron chi connectivity index (χ1n) is 9.30. The van der Waals surface area contributed by atoms with Crippen LogP contribution in [0.5, 0.6) is 0 Å². The molecule has 0 aromatic heterocycles. The van der Waals surface area contributed by atoms with Crippen molar-refractivity contribution >= 4 is 29.1 Å². The number of anilines is 1.